The maximum absolute atomic E-state index is 13.1. The molecule has 3 aliphatic rings. The fraction of sp³-hybridized carbons (Fsp3) is 0.480. The maximum atomic E-state index is 13.1. The van der Waals surface area contributed by atoms with Crippen molar-refractivity contribution in [3.8, 4) is 0 Å². The van der Waals surface area contributed by atoms with Gasteiger partial charge in [0.2, 0.25) is 5.78 Å². The van der Waals surface area contributed by atoms with Gasteiger partial charge in [0.1, 0.15) is 5.69 Å². The number of likely N-dealkylation sites (tertiary alicyclic amines) is 1. The first kappa shape index (κ1) is 19.9. The number of benzene rings is 1. The Balaban J connectivity index is 1.14. The van der Waals surface area contributed by atoms with Crippen molar-refractivity contribution in [2.24, 2.45) is 5.92 Å². The summed E-state index contributed by atoms with van der Waals surface area (Å²) < 4.78 is 1.86. The van der Waals surface area contributed by atoms with E-state index in [9.17, 15) is 9.90 Å². The molecule has 1 aliphatic carbocycles. The molecule has 1 saturated heterocycles. The van der Waals surface area contributed by atoms with E-state index in [4.69, 9.17) is 0 Å². The zero-order chi connectivity index (χ0) is 21.8. The van der Waals surface area contributed by atoms with Crippen LogP contribution in [0.25, 0.3) is 5.78 Å². The Morgan fingerprint density at radius 2 is 1.97 bits per heavy atom. The molecule has 3 aromatic rings. The molecule has 1 N–H and O–H groups in total. The summed E-state index contributed by atoms with van der Waals surface area (Å²) in [7, 11) is 0. The summed E-state index contributed by atoms with van der Waals surface area (Å²) in [5, 5.41) is 10.9. The molecule has 7 nitrogen and oxygen atoms in total. The zero-order valence-electron chi connectivity index (χ0n) is 18.4. The summed E-state index contributed by atoms with van der Waals surface area (Å²) in [6, 6.07) is 8.63. The van der Waals surface area contributed by atoms with Crippen LogP contribution in [0.4, 0.5) is 0 Å². The third-order valence-electron chi connectivity index (χ3n) is 7.55. The fourth-order valence-electron chi connectivity index (χ4n) is 5.47. The van der Waals surface area contributed by atoms with E-state index in [2.05, 4.69) is 52.3 Å². The zero-order valence-corrected chi connectivity index (χ0v) is 18.4. The summed E-state index contributed by atoms with van der Waals surface area (Å²) in [4.78, 5) is 26.2. The number of hydrogen-bond acceptors (Lipinski definition) is 5. The number of carbonyl (C=O) groups excluding carboxylic acids is 1. The quantitative estimate of drug-likeness (QED) is 0.690. The smallest absolute Gasteiger partial charge is 0.274 e. The van der Waals surface area contributed by atoms with Gasteiger partial charge in [0.05, 0.1) is 6.10 Å². The predicted molar refractivity (Wildman–Crippen MR) is 120 cm³/mol. The lowest BCUT2D eigenvalue weighted by Gasteiger charge is -2.43. The Kier molecular flexibility index (Phi) is 4.77. The van der Waals surface area contributed by atoms with Crippen molar-refractivity contribution in [3.63, 3.8) is 0 Å². The molecule has 4 atom stereocenters. The molecule has 0 bridgehead atoms. The summed E-state index contributed by atoms with van der Waals surface area (Å²) in [5.74, 6) is 1.70. The van der Waals surface area contributed by atoms with Gasteiger partial charge >= 0.3 is 0 Å². The van der Waals surface area contributed by atoms with Crippen LogP contribution in [-0.4, -0.2) is 67.0 Å². The van der Waals surface area contributed by atoms with Crippen LogP contribution in [0.1, 0.15) is 52.9 Å². The Morgan fingerprint density at radius 1 is 1.16 bits per heavy atom. The second kappa shape index (κ2) is 7.67. The van der Waals surface area contributed by atoms with Crippen LogP contribution in [-0.2, 0) is 13.0 Å². The first-order chi connectivity index (χ1) is 15.6. The van der Waals surface area contributed by atoms with E-state index in [1.807, 2.05) is 10.6 Å². The van der Waals surface area contributed by atoms with Gasteiger partial charge in [-0.3, -0.25) is 14.1 Å². The van der Waals surface area contributed by atoms with Gasteiger partial charge in [0.25, 0.3) is 5.91 Å². The number of nitrogens with zero attached hydrogens (tertiary/aromatic N) is 5. The third-order valence-corrected chi connectivity index (χ3v) is 7.55. The van der Waals surface area contributed by atoms with Gasteiger partial charge in [0, 0.05) is 50.8 Å². The minimum absolute atomic E-state index is 0.0817. The van der Waals surface area contributed by atoms with Gasteiger partial charge in [-0.15, -0.1) is 0 Å². The van der Waals surface area contributed by atoms with Crippen molar-refractivity contribution in [2.75, 3.05) is 19.6 Å². The Hall–Kier alpha value is -2.77. The predicted octanol–water partition coefficient (Wildman–Crippen LogP) is 2.49. The number of hydrogen-bond donors (Lipinski definition) is 1. The fourth-order valence-corrected chi connectivity index (χ4v) is 5.47. The molecule has 3 unspecified atom stereocenters. The summed E-state index contributed by atoms with van der Waals surface area (Å²) in [5.41, 5.74) is 4.36. The molecule has 7 heteroatoms. The minimum atomic E-state index is -0.559. The third kappa shape index (κ3) is 3.49. The van der Waals surface area contributed by atoms with E-state index < -0.39 is 6.10 Å². The van der Waals surface area contributed by atoms with Gasteiger partial charge in [-0.25, -0.2) is 9.97 Å². The van der Waals surface area contributed by atoms with Gasteiger partial charge in [-0.05, 0) is 47.8 Å². The average Bonchev–Trinajstić information content (AvgIpc) is 3.39. The van der Waals surface area contributed by atoms with E-state index in [0.717, 1.165) is 25.9 Å². The number of aliphatic hydroxyl groups excluding tert-OH is 1. The highest BCUT2D eigenvalue weighted by molar-refractivity contribution is 5.92. The van der Waals surface area contributed by atoms with Crippen LogP contribution in [0.3, 0.4) is 0 Å². The van der Waals surface area contributed by atoms with Crippen molar-refractivity contribution in [1.29, 1.82) is 0 Å². The molecular formula is C25H29N5O2. The van der Waals surface area contributed by atoms with Crippen molar-refractivity contribution in [1.82, 2.24) is 24.2 Å². The number of β-amino-alcohol motifs (C(OH)–C–C–N with tert-alkyl or cyclic N) is 1. The summed E-state index contributed by atoms with van der Waals surface area (Å²) in [6.07, 6.45) is 8.13. The van der Waals surface area contributed by atoms with Crippen molar-refractivity contribution >= 4 is 11.7 Å². The number of piperidine rings is 1. The first-order valence-electron chi connectivity index (χ1n) is 11.7. The number of aromatic nitrogens is 3. The number of rotatable bonds is 3. The molecule has 4 heterocycles. The molecule has 0 radical (unpaired) electrons. The van der Waals surface area contributed by atoms with Crippen LogP contribution in [0.2, 0.25) is 0 Å². The standard InChI is InChI=1S/C25H29N5O2/c1-16-10-20(16)19-11-26-25-27-21(14-30(25)13-19)24(32)29-9-7-22(23(31)15-29)28-8-6-17-4-2-3-5-18(17)12-28/h2-5,11,13-14,16,20,22-23,31H,6-10,12,15H2,1H3/t16?,20?,22?,23-/m0/s1. The topological polar surface area (TPSA) is 74.0 Å². The lowest BCUT2D eigenvalue weighted by atomic mass is 9.94. The maximum Gasteiger partial charge on any atom is 0.274 e. The first-order valence-corrected chi connectivity index (χ1v) is 11.7. The second-order valence-corrected chi connectivity index (χ2v) is 9.70. The highest BCUT2D eigenvalue weighted by atomic mass is 16.3. The number of fused-ring (bicyclic) bond motifs is 2. The molecule has 1 aromatic carbocycles. The number of imidazole rings is 1. The molecule has 1 amide bonds. The molecule has 166 valence electrons. The molecular weight excluding hydrogens is 402 g/mol. The summed E-state index contributed by atoms with van der Waals surface area (Å²) in [6.45, 7) is 5.03. The van der Waals surface area contributed by atoms with Gasteiger partial charge in [-0.2, -0.15) is 0 Å². The molecule has 6 rings (SSSR count). The van der Waals surface area contributed by atoms with Crippen molar-refractivity contribution in [2.45, 2.75) is 50.8 Å². The van der Waals surface area contributed by atoms with Crippen LogP contribution >= 0.6 is 0 Å². The number of carbonyl (C=O) groups is 1. The van der Waals surface area contributed by atoms with E-state index >= 15 is 0 Å². The molecule has 2 fully saturated rings. The van der Waals surface area contributed by atoms with Crippen LogP contribution in [0.15, 0.2) is 42.9 Å². The molecule has 2 aliphatic heterocycles. The van der Waals surface area contributed by atoms with E-state index in [1.165, 1.54) is 23.1 Å². The lowest BCUT2D eigenvalue weighted by molar-refractivity contribution is -0.0139. The Morgan fingerprint density at radius 3 is 2.75 bits per heavy atom. The molecule has 0 spiro atoms. The van der Waals surface area contributed by atoms with E-state index in [-0.39, 0.29) is 11.9 Å². The van der Waals surface area contributed by atoms with Crippen LogP contribution in [0, 0.1) is 5.92 Å². The van der Waals surface area contributed by atoms with Crippen LogP contribution < -0.4 is 0 Å². The van der Waals surface area contributed by atoms with Crippen LogP contribution in [0.5, 0.6) is 0 Å². The minimum Gasteiger partial charge on any atom is -0.390 e. The summed E-state index contributed by atoms with van der Waals surface area (Å²) >= 11 is 0. The Bertz CT molecular complexity index is 1170. The van der Waals surface area contributed by atoms with Gasteiger partial charge in [0.15, 0.2) is 0 Å². The number of amides is 1. The highest BCUT2D eigenvalue weighted by Gasteiger charge is 2.36. The molecule has 2 aromatic heterocycles. The average molecular weight is 432 g/mol. The normalized spacial score (nSPS) is 28.0. The second-order valence-electron chi connectivity index (χ2n) is 9.70. The molecule has 1 saturated carbocycles. The SMILES string of the molecule is CC1CC1c1cnc2nc(C(=O)N3CCC(N4CCc5ccccc5C4)[C@@H](O)C3)cn2c1. The number of aliphatic hydroxyl groups is 1. The van der Waals surface area contributed by atoms with Crippen molar-refractivity contribution < 1.29 is 9.90 Å². The van der Waals surface area contributed by atoms with Crippen molar-refractivity contribution in [3.05, 3.63) is 65.2 Å². The highest BCUT2D eigenvalue weighted by Crippen LogP contribution is 2.46. The monoisotopic (exact) mass is 431 g/mol. The van der Waals surface area contributed by atoms with E-state index in [0.29, 0.717) is 36.4 Å². The molecule has 32 heavy (non-hydrogen) atoms. The van der Waals surface area contributed by atoms with Gasteiger partial charge in [-0.1, -0.05) is 31.2 Å². The van der Waals surface area contributed by atoms with E-state index in [1.54, 1.807) is 11.1 Å². The largest absolute Gasteiger partial charge is 0.390 e. The lowest BCUT2D eigenvalue weighted by Crippen LogP contribution is -2.56. The Labute approximate surface area is 187 Å². The van der Waals surface area contributed by atoms with Gasteiger partial charge < -0.3 is 10.0 Å².